The van der Waals surface area contributed by atoms with Crippen molar-refractivity contribution in [2.75, 3.05) is 14.2 Å². The molecule has 0 unspecified atom stereocenters. The van der Waals surface area contributed by atoms with Gasteiger partial charge >= 0.3 is 5.97 Å². The van der Waals surface area contributed by atoms with Crippen molar-refractivity contribution in [3.63, 3.8) is 0 Å². The van der Waals surface area contributed by atoms with Crippen LogP contribution in [0.2, 0.25) is 0 Å². The minimum atomic E-state index is -0.357. The Labute approximate surface area is 139 Å². The number of hydrogen-bond acceptors (Lipinski definition) is 3. The lowest BCUT2D eigenvalue weighted by Gasteiger charge is -2.54. The quantitative estimate of drug-likeness (QED) is 0.790. The lowest BCUT2D eigenvalue weighted by Crippen LogP contribution is -2.52. The third kappa shape index (κ3) is 2.50. The summed E-state index contributed by atoms with van der Waals surface area (Å²) >= 11 is 0. The summed E-state index contributed by atoms with van der Waals surface area (Å²) in [6, 6.07) is 6.75. The first-order valence-electron chi connectivity index (χ1n) is 8.65. The van der Waals surface area contributed by atoms with Gasteiger partial charge in [0.1, 0.15) is 0 Å². The fourth-order valence-electron chi connectivity index (χ4n) is 5.28. The molecule has 0 N–H and O–H groups in total. The SMILES string of the molecule is COCc1ccc2c(c1)CC[C@H]1[C@@](C)(C(=O)OC)CCC[C@]21C. The number of fused-ring (bicyclic) bond motifs is 3. The number of carbonyl (C=O) groups excluding carboxylic acids is 1. The molecule has 0 radical (unpaired) electrons. The monoisotopic (exact) mass is 316 g/mol. The predicted molar refractivity (Wildman–Crippen MR) is 90.3 cm³/mol. The van der Waals surface area contributed by atoms with Crippen molar-refractivity contribution in [2.24, 2.45) is 11.3 Å². The van der Waals surface area contributed by atoms with Gasteiger partial charge in [-0.25, -0.2) is 0 Å². The number of rotatable bonds is 3. The van der Waals surface area contributed by atoms with E-state index in [1.54, 1.807) is 7.11 Å². The molecule has 3 atom stereocenters. The Morgan fingerprint density at radius 3 is 2.74 bits per heavy atom. The van der Waals surface area contributed by atoms with E-state index < -0.39 is 0 Å². The first-order chi connectivity index (χ1) is 11.0. The maximum absolute atomic E-state index is 12.5. The van der Waals surface area contributed by atoms with Gasteiger partial charge in [-0.1, -0.05) is 31.5 Å². The number of benzene rings is 1. The zero-order chi connectivity index (χ0) is 16.7. The fourth-order valence-corrected chi connectivity index (χ4v) is 5.28. The summed E-state index contributed by atoms with van der Waals surface area (Å²) in [6.45, 7) is 5.13. The van der Waals surface area contributed by atoms with Crippen molar-refractivity contribution >= 4 is 5.97 Å². The van der Waals surface area contributed by atoms with Crippen molar-refractivity contribution in [2.45, 2.75) is 58.0 Å². The van der Waals surface area contributed by atoms with Crippen LogP contribution in [0.25, 0.3) is 0 Å². The Bertz CT molecular complexity index is 609. The number of aryl methyl sites for hydroxylation is 1. The van der Waals surface area contributed by atoms with Gasteiger partial charge in [0.2, 0.25) is 0 Å². The molecule has 3 rings (SSSR count). The van der Waals surface area contributed by atoms with E-state index in [1.807, 2.05) is 0 Å². The second-order valence-corrected chi connectivity index (χ2v) is 7.70. The summed E-state index contributed by atoms with van der Waals surface area (Å²) in [5.74, 6) is 0.324. The fraction of sp³-hybridized carbons (Fsp3) is 0.650. The summed E-state index contributed by atoms with van der Waals surface area (Å²) in [5.41, 5.74) is 3.82. The average molecular weight is 316 g/mol. The van der Waals surface area contributed by atoms with Crippen LogP contribution in [0.15, 0.2) is 18.2 Å². The van der Waals surface area contributed by atoms with Gasteiger partial charge in [0.05, 0.1) is 19.1 Å². The standard InChI is InChI=1S/C20H28O3/c1-19-10-5-11-20(2,18(21)23-4)17(19)9-7-15-12-14(13-22-3)6-8-16(15)19/h6,8,12,17H,5,7,9-11,13H2,1-4H3/t17-,19-,20+/m1/s1. The molecule has 1 saturated carbocycles. The van der Waals surface area contributed by atoms with Crippen LogP contribution in [0.4, 0.5) is 0 Å². The van der Waals surface area contributed by atoms with E-state index in [0.717, 1.165) is 32.1 Å². The zero-order valence-corrected chi connectivity index (χ0v) is 14.8. The van der Waals surface area contributed by atoms with Gasteiger partial charge in [-0.05, 0) is 60.6 Å². The number of hydrogen-bond donors (Lipinski definition) is 0. The molecular formula is C20H28O3. The van der Waals surface area contributed by atoms with Crippen LogP contribution in [-0.4, -0.2) is 20.2 Å². The topological polar surface area (TPSA) is 35.5 Å². The molecule has 0 amide bonds. The van der Waals surface area contributed by atoms with E-state index in [0.29, 0.717) is 12.5 Å². The average Bonchev–Trinajstić information content (AvgIpc) is 2.54. The van der Waals surface area contributed by atoms with Crippen molar-refractivity contribution in [1.29, 1.82) is 0 Å². The molecule has 3 heteroatoms. The molecule has 1 aromatic carbocycles. The Kier molecular flexibility index (Phi) is 4.26. The molecule has 3 nitrogen and oxygen atoms in total. The highest BCUT2D eigenvalue weighted by molar-refractivity contribution is 5.77. The summed E-state index contributed by atoms with van der Waals surface area (Å²) in [7, 11) is 3.26. The summed E-state index contributed by atoms with van der Waals surface area (Å²) < 4.78 is 10.4. The minimum absolute atomic E-state index is 0.0344. The van der Waals surface area contributed by atoms with Gasteiger partial charge in [0, 0.05) is 7.11 Å². The van der Waals surface area contributed by atoms with E-state index in [-0.39, 0.29) is 16.8 Å². The largest absolute Gasteiger partial charge is 0.469 e. The van der Waals surface area contributed by atoms with Crippen LogP contribution >= 0.6 is 0 Å². The molecule has 0 saturated heterocycles. The minimum Gasteiger partial charge on any atom is -0.469 e. The second-order valence-electron chi connectivity index (χ2n) is 7.70. The molecule has 0 heterocycles. The Morgan fingerprint density at radius 2 is 2.04 bits per heavy atom. The maximum atomic E-state index is 12.5. The van der Waals surface area contributed by atoms with E-state index in [2.05, 4.69) is 32.0 Å². The third-order valence-electron chi connectivity index (χ3n) is 6.38. The van der Waals surface area contributed by atoms with Crippen LogP contribution in [0.5, 0.6) is 0 Å². The van der Waals surface area contributed by atoms with Gasteiger partial charge in [0.25, 0.3) is 0 Å². The molecule has 0 bridgehead atoms. The maximum Gasteiger partial charge on any atom is 0.311 e. The Morgan fingerprint density at radius 1 is 1.26 bits per heavy atom. The van der Waals surface area contributed by atoms with E-state index in [9.17, 15) is 4.79 Å². The van der Waals surface area contributed by atoms with Crippen molar-refractivity contribution < 1.29 is 14.3 Å². The smallest absolute Gasteiger partial charge is 0.311 e. The molecular weight excluding hydrogens is 288 g/mol. The van der Waals surface area contributed by atoms with Crippen LogP contribution in [0.1, 0.15) is 56.2 Å². The number of esters is 1. The number of carbonyl (C=O) groups is 1. The van der Waals surface area contributed by atoms with Gasteiger partial charge in [-0.3, -0.25) is 4.79 Å². The van der Waals surface area contributed by atoms with Crippen molar-refractivity contribution in [1.82, 2.24) is 0 Å². The molecule has 1 fully saturated rings. The first-order valence-corrected chi connectivity index (χ1v) is 8.65. The molecule has 126 valence electrons. The van der Waals surface area contributed by atoms with E-state index in [1.165, 1.54) is 23.8 Å². The van der Waals surface area contributed by atoms with Crippen LogP contribution in [0.3, 0.4) is 0 Å². The molecule has 2 aliphatic rings. The highest BCUT2D eigenvalue weighted by Gasteiger charge is 2.55. The molecule has 2 aliphatic carbocycles. The molecule has 0 spiro atoms. The van der Waals surface area contributed by atoms with Crippen molar-refractivity contribution in [3.8, 4) is 0 Å². The zero-order valence-electron chi connectivity index (χ0n) is 14.8. The van der Waals surface area contributed by atoms with Crippen LogP contribution in [-0.2, 0) is 32.7 Å². The second kappa shape index (κ2) is 5.94. The van der Waals surface area contributed by atoms with Gasteiger partial charge < -0.3 is 9.47 Å². The summed E-state index contributed by atoms with van der Waals surface area (Å²) in [5, 5.41) is 0. The van der Waals surface area contributed by atoms with Crippen molar-refractivity contribution in [3.05, 3.63) is 34.9 Å². The number of methoxy groups -OCH3 is 2. The normalized spacial score (nSPS) is 32.8. The van der Waals surface area contributed by atoms with Crippen LogP contribution < -0.4 is 0 Å². The van der Waals surface area contributed by atoms with Gasteiger partial charge in [0.15, 0.2) is 0 Å². The Balaban J connectivity index is 2.02. The molecule has 0 aliphatic heterocycles. The van der Waals surface area contributed by atoms with Gasteiger partial charge in [-0.2, -0.15) is 0 Å². The van der Waals surface area contributed by atoms with Gasteiger partial charge in [-0.15, -0.1) is 0 Å². The summed E-state index contributed by atoms with van der Waals surface area (Å²) in [4.78, 5) is 12.5. The molecule has 1 aromatic rings. The lowest BCUT2D eigenvalue weighted by atomic mass is 9.50. The predicted octanol–water partition coefficient (Wildman–Crippen LogP) is 4.02. The highest BCUT2D eigenvalue weighted by atomic mass is 16.5. The lowest BCUT2D eigenvalue weighted by molar-refractivity contribution is -0.161. The molecule has 0 aromatic heterocycles. The van der Waals surface area contributed by atoms with Crippen LogP contribution in [0, 0.1) is 11.3 Å². The third-order valence-corrected chi connectivity index (χ3v) is 6.38. The highest BCUT2D eigenvalue weighted by Crippen LogP contribution is 2.57. The van der Waals surface area contributed by atoms with E-state index in [4.69, 9.17) is 9.47 Å². The number of ether oxygens (including phenoxy) is 2. The molecule has 23 heavy (non-hydrogen) atoms. The first kappa shape index (κ1) is 16.5. The van der Waals surface area contributed by atoms with E-state index >= 15 is 0 Å². The Hall–Kier alpha value is -1.35. The summed E-state index contributed by atoms with van der Waals surface area (Å²) in [6.07, 6.45) is 5.28.